The molecular weight excluding hydrogens is 984 g/mol. The quantitative estimate of drug-likeness (QED) is 0.0356. The molecule has 2 saturated heterocycles. The lowest BCUT2D eigenvalue weighted by molar-refractivity contribution is -0.136. The zero-order valence-electron chi connectivity index (χ0n) is 37.6. The first-order chi connectivity index (χ1) is 33.8. The summed E-state index contributed by atoms with van der Waals surface area (Å²) in [5, 5.41) is 9.76. The summed E-state index contributed by atoms with van der Waals surface area (Å²) in [6, 6.07) is 22.1. The lowest BCUT2D eigenvalue weighted by Crippen LogP contribution is -2.52. The number of nitrogens with one attached hydrogen (secondary N) is 3. The molecule has 364 valence electrons. The summed E-state index contributed by atoms with van der Waals surface area (Å²) >= 11 is 24.9. The SMILES string of the molecule is O=C=C1CCC(N2C(=O)c3cccc(NCCOCCOCCOCCC(=O)N[C@@H](Cc4ccccc4)C(=O)N4C/C(=C\c5ccc(Cl)c(Cl)c5)C(=O)/C(=C/c5ccc(Cl)c(Cl)c5)C4)c3C2=O)C(=O)N1. The number of hydrogen-bond donors (Lipinski definition) is 3. The van der Waals surface area contributed by atoms with Crippen molar-refractivity contribution in [3.05, 3.63) is 150 Å². The van der Waals surface area contributed by atoms with E-state index in [9.17, 15) is 33.6 Å². The van der Waals surface area contributed by atoms with E-state index in [-0.39, 0.29) is 107 Å². The van der Waals surface area contributed by atoms with Gasteiger partial charge in [-0.15, -0.1) is 0 Å². The molecule has 3 heterocycles. The largest absolute Gasteiger partial charge is 0.382 e. The van der Waals surface area contributed by atoms with Gasteiger partial charge in [0, 0.05) is 55.7 Å². The maximum Gasteiger partial charge on any atom is 0.264 e. The topological polar surface area (TPSA) is 190 Å². The predicted molar refractivity (Wildman–Crippen MR) is 265 cm³/mol. The smallest absolute Gasteiger partial charge is 0.264 e. The van der Waals surface area contributed by atoms with Crippen LogP contribution in [0.1, 0.15) is 56.7 Å². The molecule has 70 heavy (non-hydrogen) atoms. The van der Waals surface area contributed by atoms with Gasteiger partial charge in [0.1, 0.15) is 23.7 Å². The minimum atomic E-state index is -1.03. The van der Waals surface area contributed by atoms with Crippen molar-refractivity contribution in [1.29, 1.82) is 0 Å². The molecule has 7 rings (SSSR count). The third-order valence-electron chi connectivity index (χ3n) is 11.5. The zero-order chi connectivity index (χ0) is 49.7. The van der Waals surface area contributed by atoms with Crippen LogP contribution in [0.2, 0.25) is 20.1 Å². The van der Waals surface area contributed by atoms with E-state index in [1.807, 2.05) is 30.3 Å². The number of carbonyl (C=O) groups is 6. The lowest BCUT2D eigenvalue weighted by atomic mass is 9.93. The zero-order valence-corrected chi connectivity index (χ0v) is 40.6. The summed E-state index contributed by atoms with van der Waals surface area (Å²) in [6.45, 7) is 1.53. The van der Waals surface area contributed by atoms with Crippen molar-refractivity contribution >= 4 is 106 Å². The third-order valence-corrected chi connectivity index (χ3v) is 13.0. The van der Waals surface area contributed by atoms with Gasteiger partial charge in [0.05, 0.1) is 70.9 Å². The molecular formula is C51H47Cl4N5O10. The molecule has 19 heteroatoms. The summed E-state index contributed by atoms with van der Waals surface area (Å²) < 4.78 is 16.9. The fourth-order valence-corrected chi connectivity index (χ4v) is 8.68. The molecule has 3 N–H and O–H groups in total. The molecule has 4 aromatic rings. The number of nitrogens with zero attached hydrogens (tertiary/aromatic N) is 2. The van der Waals surface area contributed by atoms with E-state index in [4.69, 9.17) is 60.6 Å². The number of carbonyl (C=O) groups excluding carboxylic acids is 7. The van der Waals surface area contributed by atoms with E-state index in [1.54, 1.807) is 66.6 Å². The Hall–Kier alpha value is -6.13. The van der Waals surface area contributed by atoms with Crippen molar-refractivity contribution in [2.75, 3.05) is 64.6 Å². The average molecular weight is 1030 g/mol. The Morgan fingerprint density at radius 2 is 1.36 bits per heavy atom. The molecule has 0 bridgehead atoms. The van der Waals surface area contributed by atoms with Gasteiger partial charge >= 0.3 is 0 Å². The molecule has 0 spiro atoms. The maximum absolute atomic E-state index is 14.5. The fourth-order valence-electron chi connectivity index (χ4n) is 8.07. The number of ketones is 1. The summed E-state index contributed by atoms with van der Waals surface area (Å²) in [4.78, 5) is 94.4. The van der Waals surface area contributed by atoms with Crippen LogP contribution < -0.4 is 16.0 Å². The molecule has 1 unspecified atom stereocenters. The van der Waals surface area contributed by atoms with Gasteiger partial charge in [-0.1, -0.05) is 94.9 Å². The van der Waals surface area contributed by atoms with Crippen LogP contribution in [0.15, 0.2) is 102 Å². The number of hydrogen-bond acceptors (Lipinski definition) is 11. The molecule has 0 radical (unpaired) electrons. The third kappa shape index (κ3) is 13.2. The number of benzene rings is 4. The minimum absolute atomic E-state index is 0.0305. The van der Waals surface area contributed by atoms with Crippen LogP contribution in [-0.2, 0) is 44.6 Å². The number of rotatable bonds is 20. The van der Waals surface area contributed by atoms with Crippen molar-refractivity contribution in [2.45, 2.75) is 37.8 Å². The van der Waals surface area contributed by atoms with E-state index in [2.05, 4.69) is 16.0 Å². The number of amides is 5. The van der Waals surface area contributed by atoms with Crippen molar-refractivity contribution in [1.82, 2.24) is 20.4 Å². The number of halogens is 4. The Morgan fingerprint density at radius 3 is 1.96 bits per heavy atom. The molecule has 0 saturated carbocycles. The van der Waals surface area contributed by atoms with Gasteiger partial charge in [0.2, 0.25) is 17.7 Å². The van der Waals surface area contributed by atoms with Crippen LogP contribution in [0.4, 0.5) is 5.69 Å². The van der Waals surface area contributed by atoms with Gasteiger partial charge < -0.3 is 35.1 Å². The van der Waals surface area contributed by atoms with Gasteiger partial charge in [-0.05, 0) is 71.7 Å². The monoisotopic (exact) mass is 1030 g/mol. The van der Waals surface area contributed by atoms with Crippen LogP contribution in [0.3, 0.4) is 0 Å². The molecule has 15 nitrogen and oxygen atoms in total. The first-order valence-corrected chi connectivity index (χ1v) is 23.8. The highest BCUT2D eigenvalue weighted by Crippen LogP contribution is 2.33. The number of Topliss-reactive ketones (excluding diaryl/α,β-unsaturated/α-hetero) is 1. The number of ether oxygens (including phenoxy) is 3. The molecule has 2 atom stereocenters. The molecule has 0 aliphatic carbocycles. The highest BCUT2D eigenvalue weighted by molar-refractivity contribution is 6.42. The normalized spacial score (nSPS) is 17.4. The van der Waals surface area contributed by atoms with Gasteiger partial charge in [0.15, 0.2) is 5.78 Å². The van der Waals surface area contributed by atoms with Crippen LogP contribution in [0.5, 0.6) is 0 Å². The minimum Gasteiger partial charge on any atom is -0.382 e. The van der Waals surface area contributed by atoms with Crippen LogP contribution in [-0.4, -0.2) is 122 Å². The van der Waals surface area contributed by atoms with Crippen molar-refractivity contribution in [3.63, 3.8) is 0 Å². The Labute approximate surface area is 423 Å². The second kappa shape index (κ2) is 24.6. The van der Waals surface area contributed by atoms with Crippen LogP contribution in [0.25, 0.3) is 12.2 Å². The number of imide groups is 1. The summed E-state index contributed by atoms with van der Waals surface area (Å²) in [5.74, 6) is -1.18. The fraction of sp³-hybridized carbons (Fsp3) is 0.294. The average Bonchev–Trinajstić information content (AvgIpc) is 3.61. The first-order valence-electron chi connectivity index (χ1n) is 22.3. The van der Waals surface area contributed by atoms with Crippen LogP contribution >= 0.6 is 46.4 Å². The Morgan fingerprint density at radius 1 is 0.743 bits per heavy atom. The summed E-state index contributed by atoms with van der Waals surface area (Å²) in [7, 11) is 0. The molecule has 3 aliphatic rings. The lowest BCUT2D eigenvalue weighted by Gasteiger charge is -2.33. The van der Waals surface area contributed by atoms with Gasteiger partial charge in [0.25, 0.3) is 11.8 Å². The first kappa shape index (κ1) is 51.7. The summed E-state index contributed by atoms with van der Waals surface area (Å²) in [5.41, 5.74) is 3.58. The van der Waals surface area contributed by atoms with Crippen LogP contribution in [0, 0.1) is 0 Å². The van der Waals surface area contributed by atoms with Crippen molar-refractivity contribution in [2.24, 2.45) is 0 Å². The van der Waals surface area contributed by atoms with Crippen molar-refractivity contribution < 1.29 is 47.8 Å². The number of piperidine rings is 2. The Bertz CT molecular complexity index is 2710. The van der Waals surface area contributed by atoms with E-state index in [1.165, 1.54) is 11.0 Å². The highest BCUT2D eigenvalue weighted by Gasteiger charge is 2.45. The van der Waals surface area contributed by atoms with E-state index < -0.39 is 35.7 Å². The van der Waals surface area contributed by atoms with Crippen molar-refractivity contribution in [3.8, 4) is 0 Å². The number of likely N-dealkylation sites (tertiary alicyclic amines) is 1. The van der Waals surface area contributed by atoms with Gasteiger partial charge in [-0.2, -0.15) is 0 Å². The number of anilines is 1. The highest BCUT2D eigenvalue weighted by atomic mass is 35.5. The summed E-state index contributed by atoms with van der Waals surface area (Å²) in [6.07, 6.45) is 3.81. The van der Waals surface area contributed by atoms with Gasteiger partial charge in [-0.25, -0.2) is 4.79 Å². The second-order valence-electron chi connectivity index (χ2n) is 16.4. The van der Waals surface area contributed by atoms with E-state index in [0.717, 1.165) is 10.5 Å². The molecule has 2 fully saturated rings. The van der Waals surface area contributed by atoms with E-state index in [0.29, 0.717) is 54.6 Å². The van der Waals surface area contributed by atoms with Gasteiger partial charge in [-0.3, -0.25) is 33.7 Å². The molecule has 4 aromatic carbocycles. The molecule has 3 aliphatic heterocycles. The standard InChI is InChI=1S/C51H47Cl4N5O10/c52-38-12-9-32(25-40(38)54)23-34-28-59(29-35(47(34)63)24-33-10-13-39(53)41(55)26-33)50(66)43(27-31-5-2-1-3-6-31)58-45(62)15-17-68-19-21-70-22-20-69-18-16-56-42-8-4-7-37-46(42)51(67)60(49(37)65)44-14-11-36(30-61)57-48(44)64/h1-10,12-13,23-26,43-44,56H,11,14-22,27-29H2,(H,57,64)(H,58,62)/b34-23+,35-24+/t43-,44?/m0/s1. The Kier molecular flexibility index (Phi) is 18.2. The van der Waals surface area contributed by atoms with E-state index >= 15 is 0 Å². The molecule has 5 amide bonds. The number of allylic oxidation sites excluding steroid dienone is 1. The molecule has 0 aromatic heterocycles. The maximum atomic E-state index is 14.5. The Balaban J connectivity index is 0.862. The second-order valence-corrected chi connectivity index (χ2v) is 18.0. The number of fused-ring (bicyclic) bond motifs is 1. The predicted octanol–water partition coefficient (Wildman–Crippen LogP) is 7.05.